The van der Waals surface area contributed by atoms with Gasteiger partial charge in [0.1, 0.15) is 12.2 Å². The van der Waals surface area contributed by atoms with Gasteiger partial charge in [-0.05, 0) is 13.8 Å². The van der Waals surface area contributed by atoms with Crippen molar-refractivity contribution in [3.63, 3.8) is 0 Å². The third kappa shape index (κ3) is 2.59. The van der Waals surface area contributed by atoms with Gasteiger partial charge in [0.05, 0.1) is 5.60 Å². The molecule has 0 unspecified atom stereocenters. The second-order valence-corrected chi connectivity index (χ2v) is 5.20. The van der Waals surface area contributed by atoms with Crippen molar-refractivity contribution in [3.8, 4) is 0 Å². The van der Waals surface area contributed by atoms with Gasteiger partial charge < -0.3 is 9.47 Å². The van der Waals surface area contributed by atoms with Gasteiger partial charge in [-0.25, -0.2) is 0 Å². The van der Waals surface area contributed by atoms with Gasteiger partial charge in [0, 0.05) is 12.3 Å². The number of ether oxygens (including phenoxy) is 2. The van der Waals surface area contributed by atoms with E-state index in [0.717, 1.165) is 0 Å². The Morgan fingerprint density at radius 1 is 1.60 bits per heavy atom. The first-order valence-electron chi connectivity index (χ1n) is 5.19. The first-order chi connectivity index (χ1) is 6.70. The zero-order valence-corrected chi connectivity index (χ0v) is 10.2. The number of carbonyl (C=O) groups excluding carboxylic acids is 1. The highest BCUT2D eigenvalue weighted by Gasteiger charge is 2.57. The molecule has 0 aliphatic carbocycles. The number of epoxide rings is 1. The number of carbonyl (C=O) groups is 1. The molecule has 1 fully saturated rings. The van der Waals surface area contributed by atoms with Gasteiger partial charge in [-0.1, -0.05) is 19.9 Å². The van der Waals surface area contributed by atoms with Gasteiger partial charge in [0.15, 0.2) is 0 Å². The first kappa shape index (κ1) is 12.2. The van der Waals surface area contributed by atoms with E-state index in [9.17, 15) is 4.79 Å². The molecule has 0 radical (unpaired) electrons. The minimum absolute atomic E-state index is 0.0330. The molecule has 1 aliphatic heterocycles. The van der Waals surface area contributed by atoms with Crippen LogP contribution in [0, 0.1) is 5.41 Å². The monoisotopic (exact) mass is 212 g/mol. The highest BCUT2D eigenvalue weighted by atomic mass is 16.6. The average molecular weight is 212 g/mol. The van der Waals surface area contributed by atoms with Crippen molar-refractivity contribution in [2.45, 2.75) is 52.4 Å². The minimum Gasteiger partial charge on any atom is -0.459 e. The van der Waals surface area contributed by atoms with Crippen LogP contribution in [0.1, 0.15) is 34.6 Å². The Morgan fingerprint density at radius 3 is 2.33 bits per heavy atom. The fourth-order valence-electron chi connectivity index (χ4n) is 1.62. The van der Waals surface area contributed by atoms with E-state index in [1.54, 1.807) is 6.08 Å². The Labute approximate surface area is 91.4 Å². The summed E-state index contributed by atoms with van der Waals surface area (Å²) in [5.74, 6) is -0.277. The predicted octanol–water partition coefficient (Wildman–Crippen LogP) is 2.31. The van der Waals surface area contributed by atoms with Crippen LogP contribution < -0.4 is 0 Å². The Kier molecular flexibility index (Phi) is 2.97. The predicted molar refractivity (Wildman–Crippen MR) is 58.5 cm³/mol. The maximum Gasteiger partial charge on any atom is 0.303 e. The molecule has 0 saturated carbocycles. The molecular weight excluding hydrogens is 192 g/mol. The summed E-state index contributed by atoms with van der Waals surface area (Å²) < 4.78 is 10.9. The lowest BCUT2D eigenvalue weighted by Gasteiger charge is -2.30. The van der Waals surface area contributed by atoms with Crippen molar-refractivity contribution < 1.29 is 14.3 Å². The van der Waals surface area contributed by atoms with Crippen LogP contribution in [0.3, 0.4) is 0 Å². The van der Waals surface area contributed by atoms with Crippen LogP contribution in [0.4, 0.5) is 0 Å². The summed E-state index contributed by atoms with van der Waals surface area (Å²) in [7, 11) is 0. The van der Waals surface area contributed by atoms with Crippen molar-refractivity contribution in [2.24, 2.45) is 5.41 Å². The van der Waals surface area contributed by atoms with E-state index in [4.69, 9.17) is 9.47 Å². The van der Waals surface area contributed by atoms with Gasteiger partial charge >= 0.3 is 5.97 Å². The zero-order valence-electron chi connectivity index (χ0n) is 10.2. The van der Waals surface area contributed by atoms with Crippen LogP contribution in [0.2, 0.25) is 0 Å². The van der Waals surface area contributed by atoms with Gasteiger partial charge in [-0.15, -0.1) is 6.58 Å². The molecule has 0 aromatic heterocycles. The second-order valence-electron chi connectivity index (χ2n) is 5.20. The summed E-state index contributed by atoms with van der Waals surface area (Å²) in [4.78, 5) is 11.0. The van der Waals surface area contributed by atoms with Crippen LogP contribution in [0.5, 0.6) is 0 Å². The maximum atomic E-state index is 11.0. The normalized spacial score (nSPS) is 25.5. The molecule has 0 aromatic carbocycles. The molecule has 86 valence electrons. The van der Waals surface area contributed by atoms with Crippen LogP contribution in [-0.2, 0) is 14.3 Å². The van der Waals surface area contributed by atoms with Crippen molar-refractivity contribution in [2.75, 3.05) is 0 Å². The molecule has 0 aromatic rings. The lowest BCUT2D eigenvalue weighted by Crippen LogP contribution is -2.38. The molecule has 0 amide bonds. The molecule has 2 atom stereocenters. The fourth-order valence-corrected chi connectivity index (χ4v) is 1.62. The molecule has 0 spiro atoms. The Morgan fingerprint density at radius 2 is 2.07 bits per heavy atom. The zero-order chi connectivity index (χ0) is 11.9. The summed E-state index contributed by atoms with van der Waals surface area (Å²) in [6.07, 6.45) is 1.51. The third-order valence-electron chi connectivity index (χ3n) is 2.89. The standard InChI is InChI=1S/C12H20O3/c1-7-11(3,4)9(14-8(2)13)10-12(5,6)15-10/h7,9-10H,1H2,2-6H3/t9-,10-/m0/s1. The largest absolute Gasteiger partial charge is 0.459 e. The summed E-state index contributed by atoms with van der Waals surface area (Å²) in [5.41, 5.74) is -0.468. The van der Waals surface area contributed by atoms with E-state index in [1.807, 2.05) is 27.7 Å². The van der Waals surface area contributed by atoms with E-state index >= 15 is 0 Å². The molecule has 3 nitrogen and oxygen atoms in total. The lowest BCUT2D eigenvalue weighted by atomic mass is 9.82. The lowest BCUT2D eigenvalue weighted by molar-refractivity contribution is -0.152. The van der Waals surface area contributed by atoms with E-state index in [0.29, 0.717) is 0 Å². The molecule has 0 N–H and O–H groups in total. The molecule has 15 heavy (non-hydrogen) atoms. The molecule has 1 heterocycles. The van der Waals surface area contributed by atoms with Crippen molar-refractivity contribution >= 4 is 5.97 Å². The maximum absolute atomic E-state index is 11.0. The number of hydrogen-bond acceptors (Lipinski definition) is 3. The molecule has 0 bridgehead atoms. The topological polar surface area (TPSA) is 38.8 Å². The van der Waals surface area contributed by atoms with Gasteiger partial charge in [0.25, 0.3) is 0 Å². The van der Waals surface area contributed by atoms with Crippen molar-refractivity contribution in [1.82, 2.24) is 0 Å². The van der Waals surface area contributed by atoms with Crippen LogP contribution in [0.15, 0.2) is 12.7 Å². The van der Waals surface area contributed by atoms with Gasteiger partial charge in [-0.2, -0.15) is 0 Å². The minimum atomic E-state index is -0.277. The summed E-state index contributed by atoms with van der Waals surface area (Å²) in [6, 6.07) is 0. The second kappa shape index (κ2) is 3.63. The quantitative estimate of drug-likeness (QED) is 0.408. The molecular formula is C12H20O3. The Hall–Kier alpha value is -0.830. The summed E-state index contributed by atoms with van der Waals surface area (Å²) in [5, 5.41) is 0. The van der Waals surface area contributed by atoms with E-state index in [2.05, 4.69) is 6.58 Å². The van der Waals surface area contributed by atoms with E-state index in [1.165, 1.54) is 6.92 Å². The van der Waals surface area contributed by atoms with Crippen LogP contribution >= 0.6 is 0 Å². The highest BCUT2D eigenvalue weighted by molar-refractivity contribution is 5.66. The highest BCUT2D eigenvalue weighted by Crippen LogP contribution is 2.44. The van der Waals surface area contributed by atoms with E-state index in [-0.39, 0.29) is 29.2 Å². The van der Waals surface area contributed by atoms with E-state index < -0.39 is 0 Å². The average Bonchev–Trinajstić information content (AvgIpc) is 2.70. The molecule has 1 aliphatic rings. The summed E-state index contributed by atoms with van der Waals surface area (Å²) in [6.45, 7) is 13.2. The van der Waals surface area contributed by atoms with Crippen molar-refractivity contribution in [1.29, 1.82) is 0 Å². The first-order valence-corrected chi connectivity index (χ1v) is 5.19. The number of hydrogen-bond donors (Lipinski definition) is 0. The molecule has 3 heteroatoms. The summed E-state index contributed by atoms with van der Waals surface area (Å²) >= 11 is 0. The third-order valence-corrected chi connectivity index (χ3v) is 2.89. The van der Waals surface area contributed by atoms with Gasteiger partial charge in [0.2, 0.25) is 0 Å². The number of esters is 1. The Balaban J connectivity index is 2.80. The smallest absolute Gasteiger partial charge is 0.303 e. The van der Waals surface area contributed by atoms with Crippen molar-refractivity contribution in [3.05, 3.63) is 12.7 Å². The molecule has 1 saturated heterocycles. The van der Waals surface area contributed by atoms with Crippen LogP contribution in [0.25, 0.3) is 0 Å². The SMILES string of the molecule is C=CC(C)(C)[C@@H](OC(C)=O)[C@@H]1OC1(C)C. The number of rotatable bonds is 4. The Bertz CT molecular complexity index is 279. The van der Waals surface area contributed by atoms with Gasteiger partial charge in [-0.3, -0.25) is 4.79 Å². The van der Waals surface area contributed by atoms with Crippen LogP contribution in [-0.4, -0.2) is 23.8 Å². The molecule has 1 rings (SSSR count). The fraction of sp³-hybridized carbons (Fsp3) is 0.750.